The molecule has 2 rings (SSSR count). The lowest BCUT2D eigenvalue weighted by Crippen LogP contribution is -1.95. The zero-order valence-electron chi connectivity index (χ0n) is 7.44. The fraction of sp³-hybridized carbons (Fsp3) is 0.111. The summed E-state index contributed by atoms with van der Waals surface area (Å²) >= 11 is 1.53. The normalized spacial score (nSPS) is 10.4. The predicted molar refractivity (Wildman–Crippen MR) is 53.6 cm³/mol. The number of nitrogens with zero attached hydrogens (tertiary/aromatic N) is 1. The summed E-state index contributed by atoms with van der Waals surface area (Å²) < 4.78 is 0. The van der Waals surface area contributed by atoms with Crippen LogP contribution in [-0.4, -0.2) is 21.0 Å². The molecule has 4 nitrogen and oxygen atoms in total. The monoisotopic (exact) mass is 208 g/mol. The molecule has 0 aliphatic carbocycles. The number of aromatic nitrogens is 2. The van der Waals surface area contributed by atoms with Gasteiger partial charge < -0.3 is 10.1 Å². The highest BCUT2D eigenvalue weighted by Crippen LogP contribution is 2.23. The van der Waals surface area contributed by atoms with E-state index in [1.807, 2.05) is 6.92 Å². The van der Waals surface area contributed by atoms with Gasteiger partial charge in [0.15, 0.2) is 0 Å². The lowest BCUT2D eigenvalue weighted by atomic mass is 10.4. The van der Waals surface area contributed by atoms with Crippen LogP contribution in [0.1, 0.15) is 15.4 Å². The number of carboxylic acid groups (broad SMARTS) is 1. The number of rotatable bonds is 2. The van der Waals surface area contributed by atoms with Gasteiger partial charge in [-0.25, -0.2) is 9.78 Å². The van der Waals surface area contributed by atoms with Crippen molar-refractivity contribution < 1.29 is 9.90 Å². The van der Waals surface area contributed by atoms with Gasteiger partial charge in [0.25, 0.3) is 0 Å². The summed E-state index contributed by atoms with van der Waals surface area (Å²) in [7, 11) is 0. The molecule has 0 unspecified atom stereocenters. The van der Waals surface area contributed by atoms with Gasteiger partial charge in [0, 0.05) is 11.1 Å². The summed E-state index contributed by atoms with van der Waals surface area (Å²) in [5, 5.41) is 9.52. The van der Waals surface area contributed by atoms with E-state index in [9.17, 15) is 4.79 Å². The van der Waals surface area contributed by atoms with Crippen molar-refractivity contribution in [2.24, 2.45) is 0 Å². The fourth-order valence-corrected chi connectivity index (χ4v) is 1.87. The van der Waals surface area contributed by atoms with Gasteiger partial charge in [-0.3, -0.25) is 0 Å². The van der Waals surface area contributed by atoms with Crippen LogP contribution in [0.15, 0.2) is 18.3 Å². The molecule has 0 saturated heterocycles. The highest BCUT2D eigenvalue weighted by atomic mass is 32.1. The minimum Gasteiger partial charge on any atom is -0.477 e. The van der Waals surface area contributed by atoms with Gasteiger partial charge in [0.05, 0.1) is 5.69 Å². The topological polar surface area (TPSA) is 66.0 Å². The van der Waals surface area contributed by atoms with Crippen molar-refractivity contribution in [3.8, 4) is 10.7 Å². The fourth-order valence-electron chi connectivity index (χ4n) is 1.12. The van der Waals surface area contributed by atoms with Crippen LogP contribution in [-0.2, 0) is 0 Å². The third kappa shape index (κ3) is 1.54. The number of aryl methyl sites for hydroxylation is 1. The van der Waals surface area contributed by atoms with E-state index in [2.05, 4.69) is 9.97 Å². The smallest absolute Gasteiger partial charge is 0.352 e. The van der Waals surface area contributed by atoms with E-state index in [1.165, 1.54) is 17.4 Å². The van der Waals surface area contributed by atoms with Crippen molar-refractivity contribution in [2.45, 2.75) is 6.92 Å². The van der Waals surface area contributed by atoms with E-state index >= 15 is 0 Å². The van der Waals surface area contributed by atoms with Gasteiger partial charge in [-0.05, 0) is 19.1 Å². The van der Waals surface area contributed by atoms with Crippen LogP contribution >= 0.6 is 11.3 Å². The van der Waals surface area contributed by atoms with Crippen molar-refractivity contribution in [1.29, 1.82) is 0 Å². The van der Waals surface area contributed by atoms with Gasteiger partial charge in [-0.2, -0.15) is 0 Å². The van der Waals surface area contributed by atoms with Crippen LogP contribution in [0.3, 0.4) is 0 Å². The van der Waals surface area contributed by atoms with Crippen LogP contribution in [0.4, 0.5) is 0 Å². The Balaban J connectivity index is 2.38. The Morgan fingerprint density at radius 2 is 2.36 bits per heavy atom. The molecule has 2 N–H and O–H groups in total. The van der Waals surface area contributed by atoms with Gasteiger partial charge in [0.1, 0.15) is 10.7 Å². The molecule has 0 atom stereocenters. The van der Waals surface area contributed by atoms with E-state index in [1.54, 1.807) is 12.3 Å². The van der Waals surface area contributed by atoms with E-state index in [0.29, 0.717) is 0 Å². The molecule has 0 spiro atoms. The Kier molecular flexibility index (Phi) is 2.09. The number of carboxylic acids is 1. The van der Waals surface area contributed by atoms with Crippen molar-refractivity contribution in [1.82, 2.24) is 9.97 Å². The van der Waals surface area contributed by atoms with Gasteiger partial charge >= 0.3 is 5.97 Å². The number of hydrogen-bond donors (Lipinski definition) is 2. The molecule has 0 bridgehead atoms. The first-order valence-corrected chi connectivity index (χ1v) is 4.83. The summed E-state index contributed by atoms with van der Waals surface area (Å²) in [6.45, 7) is 1.96. The van der Waals surface area contributed by atoms with Crippen LogP contribution < -0.4 is 0 Å². The molecule has 0 saturated carbocycles. The molecular weight excluding hydrogens is 200 g/mol. The Labute approximate surface area is 84.2 Å². The highest BCUT2D eigenvalue weighted by Gasteiger charge is 2.08. The molecular formula is C9H8N2O2S. The first-order valence-electron chi connectivity index (χ1n) is 4.02. The number of carbonyl (C=O) groups is 1. The number of nitrogens with one attached hydrogen (secondary N) is 1. The van der Waals surface area contributed by atoms with Gasteiger partial charge in [-0.1, -0.05) is 0 Å². The molecule has 2 aromatic rings. The summed E-state index contributed by atoms with van der Waals surface area (Å²) in [5.74, 6) is -0.954. The van der Waals surface area contributed by atoms with Crippen molar-refractivity contribution >= 4 is 17.3 Å². The summed E-state index contributed by atoms with van der Waals surface area (Å²) in [4.78, 5) is 18.6. The molecule has 14 heavy (non-hydrogen) atoms. The zero-order chi connectivity index (χ0) is 10.1. The Bertz CT molecular complexity index is 473. The molecule has 2 heterocycles. The van der Waals surface area contributed by atoms with Crippen LogP contribution in [0.25, 0.3) is 10.7 Å². The van der Waals surface area contributed by atoms with E-state index in [-0.39, 0.29) is 5.69 Å². The average molecular weight is 208 g/mol. The van der Waals surface area contributed by atoms with E-state index < -0.39 is 5.97 Å². The first-order chi connectivity index (χ1) is 6.66. The molecule has 72 valence electrons. The van der Waals surface area contributed by atoms with Gasteiger partial charge in [-0.15, -0.1) is 11.3 Å². The third-order valence-electron chi connectivity index (χ3n) is 1.77. The molecule has 0 fully saturated rings. The Morgan fingerprint density at radius 3 is 2.86 bits per heavy atom. The maximum absolute atomic E-state index is 10.6. The van der Waals surface area contributed by atoms with E-state index in [4.69, 9.17) is 5.11 Å². The molecule has 2 aromatic heterocycles. The number of hydrogen-bond acceptors (Lipinski definition) is 3. The molecule has 0 aliphatic rings. The summed E-state index contributed by atoms with van der Waals surface area (Å²) in [5.41, 5.74) is 0.938. The first kappa shape index (κ1) is 8.96. The van der Waals surface area contributed by atoms with Crippen LogP contribution in [0, 0.1) is 6.92 Å². The second-order valence-corrected chi connectivity index (χ2v) is 4.10. The number of aromatic carboxylic acids is 1. The molecule has 0 amide bonds. The Hall–Kier alpha value is -1.62. The quantitative estimate of drug-likeness (QED) is 0.794. The standard InChI is InChI=1S/C9H8N2O2S/c1-5-4-10-8(14-5)6-2-3-7(11-6)9(12)13/h2-4,11H,1H3,(H,12,13). The molecule has 5 heteroatoms. The third-order valence-corrected chi connectivity index (χ3v) is 2.71. The largest absolute Gasteiger partial charge is 0.477 e. The highest BCUT2D eigenvalue weighted by molar-refractivity contribution is 7.14. The number of thiazole rings is 1. The van der Waals surface area contributed by atoms with Crippen LogP contribution in [0.5, 0.6) is 0 Å². The molecule has 0 aromatic carbocycles. The minimum absolute atomic E-state index is 0.188. The number of aromatic amines is 1. The minimum atomic E-state index is -0.954. The molecule has 0 aliphatic heterocycles. The average Bonchev–Trinajstić information content (AvgIpc) is 2.70. The second kappa shape index (κ2) is 3.26. The number of H-pyrrole nitrogens is 1. The maximum atomic E-state index is 10.6. The summed E-state index contributed by atoms with van der Waals surface area (Å²) in [6.07, 6.45) is 1.77. The zero-order valence-corrected chi connectivity index (χ0v) is 8.26. The predicted octanol–water partition coefficient (Wildman–Crippen LogP) is 2.14. The summed E-state index contributed by atoms with van der Waals surface area (Å²) in [6, 6.07) is 3.26. The molecule has 0 radical (unpaired) electrons. The second-order valence-electron chi connectivity index (χ2n) is 2.87. The van der Waals surface area contributed by atoms with Crippen molar-refractivity contribution in [2.75, 3.05) is 0 Å². The lowest BCUT2D eigenvalue weighted by Gasteiger charge is -1.89. The van der Waals surface area contributed by atoms with E-state index in [0.717, 1.165) is 15.6 Å². The van der Waals surface area contributed by atoms with Crippen molar-refractivity contribution in [3.05, 3.63) is 28.9 Å². The Morgan fingerprint density at radius 1 is 1.57 bits per heavy atom. The lowest BCUT2D eigenvalue weighted by molar-refractivity contribution is 0.0691. The SMILES string of the molecule is Cc1cnc(-c2ccc(C(=O)O)[nH]2)s1. The van der Waals surface area contributed by atoms with Crippen LogP contribution in [0.2, 0.25) is 0 Å². The van der Waals surface area contributed by atoms with Gasteiger partial charge in [0.2, 0.25) is 0 Å². The maximum Gasteiger partial charge on any atom is 0.352 e. The van der Waals surface area contributed by atoms with Crippen molar-refractivity contribution in [3.63, 3.8) is 0 Å².